The van der Waals surface area contributed by atoms with E-state index >= 15 is 0 Å². The Balaban J connectivity index is 1.87. The molecule has 0 saturated carbocycles. The lowest BCUT2D eigenvalue weighted by molar-refractivity contribution is -0.138. The molecule has 1 atom stereocenters. The topological polar surface area (TPSA) is 95.1 Å². The zero-order valence-electron chi connectivity index (χ0n) is 13.3. The van der Waals surface area contributed by atoms with Gasteiger partial charge in [0.05, 0.1) is 4.88 Å². The van der Waals surface area contributed by atoms with Gasteiger partial charge in [0.1, 0.15) is 11.7 Å². The predicted molar refractivity (Wildman–Crippen MR) is 93.3 cm³/mol. The summed E-state index contributed by atoms with van der Waals surface area (Å²) < 4.78 is 0. The lowest BCUT2D eigenvalue weighted by Gasteiger charge is -2.07. The predicted octanol–water partition coefficient (Wildman–Crippen LogP) is 3.06. The lowest BCUT2D eigenvalue weighted by Crippen LogP contribution is -2.37. The van der Waals surface area contributed by atoms with Crippen molar-refractivity contribution in [1.29, 1.82) is 0 Å². The van der Waals surface area contributed by atoms with Crippen molar-refractivity contribution < 1.29 is 14.7 Å². The summed E-state index contributed by atoms with van der Waals surface area (Å²) in [6, 6.07) is 4.69. The molecular weight excluding hydrogens is 326 g/mol. The molecule has 0 bridgehead atoms. The van der Waals surface area contributed by atoms with Crippen LogP contribution in [0.2, 0.25) is 0 Å². The molecule has 0 saturated heterocycles. The number of rotatable bonds is 5. The second-order valence-corrected chi connectivity index (χ2v) is 6.57. The van der Waals surface area contributed by atoms with Gasteiger partial charge < -0.3 is 15.4 Å². The maximum absolute atomic E-state index is 12.1. The molecule has 0 radical (unpaired) electrons. The highest BCUT2D eigenvalue weighted by Crippen LogP contribution is 2.30. The first-order chi connectivity index (χ1) is 11.5. The van der Waals surface area contributed by atoms with E-state index in [9.17, 15) is 9.59 Å². The minimum absolute atomic E-state index is 0.383. The number of hydrogen-bond acceptors (Lipinski definition) is 4. The van der Waals surface area contributed by atoms with E-state index in [1.165, 1.54) is 23.8 Å². The number of aromatic amines is 1. The first-order valence-electron chi connectivity index (χ1n) is 7.59. The number of pyridine rings is 1. The number of carbonyl (C=O) groups excluding carboxylic acids is 1. The summed E-state index contributed by atoms with van der Waals surface area (Å²) in [4.78, 5) is 31.9. The number of carboxylic acids is 1. The van der Waals surface area contributed by atoms with E-state index in [0.717, 1.165) is 27.9 Å². The average Bonchev–Trinajstić information content (AvgIpc) is 3.20. The van der Waals surface area contributed by atoms with Gasteiger partial charge in [-0.1, -0.05) is 6.92 Å². The number of H-pyrrole nitrogens is 1. The third-order valence-electron chi connectivity index (χ3n) is 3.83. The minimum Gasteiger partial charge on any atom is -0.480 e. The molecule has 3 N–H and O–H groups in total. The fourth-order valence-corrected chi connectivity index (χ4v) is 3.32. The van der Waals surface area contributed by atoms with Crippen molar-refractivity contribution in [2.45, 2.75) is 26.3 Å². The molecule has 3 rings (SSSR count). The second-order valence-electron chi connectivity index (χ2n) is 5.48. The van der Waals surface area contributed by atoms with Gasteiger partial charge in [-0.25, -0.2) is 4.98 Å². The Morgan fingerprint density at radius 1 is 1.42 bits per heavy atom. The Morgan fingerprint density at radius 3 is 2.92 bits per heavy atom. The number of aryl methyl sites for hydroxylation is 1. The zero-order chi connectivity index (χ0) is 17.3. The van der Waals surface area contributed by atoms with E-state index in [4.69, 9.17) is 5.11 Å². The minimum atomic E-state index is -1.06. The summed E-state index contributed by atoms with van der Waals surface area (Å²) in [6.45, 7) is 3.53. The van der Waals surface area contributed by atoms with Crippen LogP contribution in [0.3, 0.4) is 0 Å². The standard InChI is InChI=1S/C17H17N3O3S/c1-3-10-7-18-15-12(10)6-11(8-19-15)13-4-5-14(24-13)16(21)20-9(2)17(22)23/h4-9H,3H2,1-2H3,(H,18,19)(H,20,21)(H,22,23). The molecule has 0 fully saturated rings. The van der Waals surface area contributed by atoms with Gasteiger partial charge in [-0.05, 0) is 37.1 Å². The van der Waals surface area contributed by atoms with Crippen LogP contribution >= 0.6 is 11.3 Å². The number of aromatic nitrogens is 2. The molecule has 1 amide bonds. The number of amides is 1. The van der Waals surface area contributed by atoms with E-state index in [1.54, 1.807) is 12.3 Å². The van der Waals surface area contributed by atoms with E-state index in [-0.39, 0.29) is 5.91 Å². The van der Waals surface area contributed by atoms with Gasteiger partial charge in [0.25, 0.3) is 5.91 Å². The number of thiophene rings is 1. The Labute approximate surface area is 142 Å². The number of aliphatic carboxylic acids is 1. The Bertz CT molecular complexity index is 913. The van der Waals surface area contributed by atoms with Crippen LogP contribution in [0.4, 0.5) is 0 Å². The highest BCUT2D eigenvalue weighted by Gasteiger charge is 2.17. The molecule has 0 spiro atoms. The van der Waals surface area contributed by atoms with Crippen LogP contribution in [0.1, 0.15) is 29.1 Å². The summed E-state index contributed by atoms with van der Waals surface area (Å²) in [5.74, 6) is -1.44. The molecule has 0 aliphatic rings. The normalized spacial score (nSPS) is 12.2. The summed E-state index contributed by atoms with van der Waals surface area (Å²) in [7, 11) is 0. The van der Waals surface area contributed by atoms with Crippen LogP contribution in [0.15, 0.2) is 30.6 Å². The van der Waals surface area contributed by atoms with Crippen molar-refractivity contribution in [3.63, 3.8) is 0 Å². The number of carbonyl (C=O) groups is 2. The first kappa shape index (κ1) is 16.2. The van der Waals surface area contributed by atoms with Crippen LogP contribution < -0.4 is 5.32 Å². The van der Waals surface area contributed by atoms with E-state index in [0.29, 0.717) is 4.88 Å². The van der Waals surface area contributed by atoms with Crippen LogP contribution in [0, 0.1) is 0 Å². The highest BCUT2D eigenvalue weighted by atomic mass is 32.1. The third kappa shape index (κ3) is 3.03. The van der Waals surface area contributed by atoms with Crippen molar-refractivity contribution >= 4 is 34.2 Å². The molecule has 6 nitrogen and oxygen atoms in total. The average molecular weight is 343 g/mol. The fourth-order valence-electron chi connectivity index (χ4n) is 2.43. The molecule has 24 heavy (non-hydrogen) atoms. The van der Waals surface area contributed by atoms with Crippen LogP contribution in [-0.4, -0.2) is 33.0 Å². The SMILES string of the molecule is CCc1c[nH]c2ncc(-c3ccc(C(=O)NC(C)C(=O)O)s3)cc12. The van der Waals surface area contributed by atoms with Crippen molar-refractivity contribution in [1.82, 2.24) is 15.3 Å². The van der Waals surface area contributed by atoms with E-state index in [1.807, 2.05) is 12.3 Å². The van der Waals surface area contributed by atoms with Gasteiger partial charge in [-0.3, -0.25) is 9.59 Å². The van der Waals surface area contributed by atoms with Gasteiger partial charge >= 0.3 is 5.97 Å². The number of nitrogens with zero attached hydrogens (tertiary/aromatic N) is 1. The molecular formula is C17H17N3O3S. The third-order valence-corrected chi connectivity index (χ3v) is 4.96. The highest BCUT2D eigenvalue weighted by molar-refractivity contribution is 7.17. The molecule has 0 aliphatic heterocycles. The summed E-state index contributed by atoms with van der Waals surface area (Å²) >= 11 is 1.32. The smallest absolute Gasteiger partial charge is 0.325 e. The van der Waals surface area contributed by atoms with Gasteiger partial charge in [-0.15, -0.1) is 11.3 Å². The molecule has 3 aromatic heterocycles. The largest absolute Gasteiger partial charge is 0.480 e. The number of fused-ring (bicyclic) bond motifs is 1. The molecule has 3 aromatic rings. The van der Waals surface area contributed by atoms with Gasteiger partial charge in [-0.2, -0.15) is 0 Å². The molecule has 1 unspecified atom stereocenters. The van der Waals surface area contributed by atoms with Crippen molar-refractivity contribution in [2.75, 3.05) is 0 Å². The second kappa shape index (κ2) is 6.45. The lowest BCUT2D eigenvalue weighted by atomic mass is 10.1. The maximum atomic E-state index is 12.1. The van der Waals surface area contributed by atoms with Gasteiger partial charge in [0.15, 0.2) is 0 Å². The van der Waals surface area contributed by atoms with Crippen LogP contribution in [0.5, 0.6) is 0 Å². The number of hydrogen-bond donors (Lipinski definition) is 3. The molecule has 0 aromatic carbocycles. The van der Waals surface area contributed by atoms with Crippen molar-refractivity contribution in [3.05, 3.63) is 41.0 Å². The number of nitrogens with one attached hydrogen (secondary N) is 2. The van der Waals surface area contributed by atoms with E-state index in [2.05, 4.69) is 28.3 Å². The molecule has 7 heteroatoms. The summed E-state index contributed by atoms with van der Waals surface area (Å²) in [6.07, 6.45) is 4.64. The summed E-state index contributed by atoms with van der Waals surface area (Å²) in [5, 5.41) is 12.4. The fraction of sp³-hybridized carbons (Fsp3) is 0.235. The van der Waals surface area contributed by atoms with E-state index < -0.39 is 12.0 Å². The Kier molecular flexibility index (Phi) is 4.35. The Hall–Kier alpha value is -2.67. The zero-order valence-corrected chi connectivity index (χ0v) is 14.1. The first-order valence-corrected chi connectivity index (χ1v) is 8.41. The van der Waals surface area contributed by atoms with Gasteiger partial charge in [0.2, 0.25) is 0 Å². The van der Waals surface area contributed by atoms with Crippen molar-refractivity contribution in [2.24, 2.45) is 0 Å². The number of carboxylic acid groups (broad SMARTS) is 1. The monoisotopic (exact) mass is 343 g/mol. The summed E-state index contributed by atoms with van der Waals surface area (Å²) in [5.41, 5.74) is 2.98. The Morgan fingerprint density at radius 2 is 2.21 bits per heavy atom. The maximum Gasteiger partial charge on any atom is 0.325 e. The molecule has 124 valence electrons. The quantitative estimate of drug-likeness (QED) is 0.663. The van der Waals surface area contributed by atoms with Crippen LogP contribution in [-0.2, 0) is 11.2 Å². The van der Waals surface area contributed by atoms with Crippen LogP contribution in [0.25, 0.3) is 21.5 Å². The molecule has 0 aliphatic carbocycles. The van der Waals surface area contributed by atoms with Crippen molar-refractivity contribution in [3.8, 4) is 10.4 Å². The molecule has 3 heterocycles. The van der Waals surface area contributed by atoms with Gasteiger partial charge in [0, 0.05) is 28.2 Å².